The second-order valence-corrected chi connectivity index (χ2v) is 4.10. The van der Waals surface area contributed by atoms with Gasteiger partial charge in [0.05, 0.1) is 5.92 Å². The fourth-order valence-corrected chi connectivity index (χ4v) is 1.97. The summed E-state index contributed by atoms with van der Waals surface area (Å²) in [5, 5.41) is 9.52. The number of hydrogen-bond donors (Lipinski definition) is 1. The molecule has 1 N–H and O–H groups in total. The summed E-state index contributed by atoms with van der Waals surface area (Å²) >= 11 is 0. The van der Waals surface area contributed by atoms with Crippen molar-refractivity contribution < 1.29 is 14.7 Å². The SMILES string of the molecule is CN(C)c1ccccc1C1C(=O)C(=O)C1O. The zero-order chi connectivity index (χ0) is 11.9. The molecular formula is C12H13NO3. The minimum absolute atomic E-state index is 0.498. The average Bonchev–Trinajstić information content (AvgIpc) is 2.29. The molecule has 2 atom stereocenters. The lowest BCUT2D eigenvalue weighted by molar-refractivity contribution is -0.154. The van der Waals surface area contributed by atoms with Crippen LogP contribution in [0.1, 0.15) is 11.5 Å². The maximum Gasteiger partial charge on any atom is 0.228 e. The number of carbonyl (C=O) groups excluding carboxylic acids is 2. The lowest BCUT2D eigenvalue weighted by Gasteiger charge is -2.31. The van der Waals surface area contributed by atoms with Crippen molar-refractivity contribution in [3.8, 4) is 0 Å². The Morgan fingerprint density at radius 1 is 1.12 bits per heavy atom. The summed E-state index contributed by atoms with van der Waals surface area (Å²) in [5.74, 6) is -1.87. The van der Waals surface area contributed by atoms with Crippen molar-refractivity contribution in [3.63, 3.8) is 0 Å². The Morgan fingerprint density at radius 2 is 1.75 bits per heavy atom. The van der Waals surface area contributed by atoms with Gasteiger partial charge in [0, 0.05) is 19.8 Å². The van der Waals surface area contributed by atoms with Gasteiger partial charge in [0.1, 0.15) is 6.10 Å². The second-order valence-electron chi connectivity index (χ2n) is 4.10. The van der Waals surface area contributed by atoms with Crippen LogP contribution < -0.4 is 4.90 Å². The molecule has 1 aromatic carbocycles. The quantitative estimate of drug-likeness (QED) is 0.729. The Morgan fingerprint density at radius 3 is 2.31 bits per heavy atom. The van der Waals surface area contributed by atoms with E-state index in [9.17, 15) is 14.7 Å². The molecule has 84 valence electrons. The Kier molecular flexibility index (Phi) is 2.52. The summed E-state index contributed by atoms with van der Waals surface area (Å²) in [4.78, 5) is 24.3. The third-order valence-corrected chi connectivity index (χ3v) is 2.86. The van der Waals surface area contributed by atoms with Crippen LogP contribution in [0, 0.1) is 0 Å². The molecule has 1 aliphatic rings. The highest BCUT2D eigenvalue weighted by Gasteiger charge is 2.49. The highest BCUT2D eigenvalue weighted by molar-refractivity contribution is 6.48. The maximum absolute atomic E-state index is 11.4. The van der Waals surface area contributed by atoms with Crippen molar-refractivity contribution in [2.75, 3.05) is 19.0 Å². The van der Waals surface area contributed by atoms with Gasteiger partial charge in [-0.05, 0) is 11.6 Å². The van der Waals surface area contributed by atoms with Gasteiger partial charge in [0.15, 0.2) is 0 Å². The molecule has 0 spiro atoms. The number of ketones is 2. The van der Waals surface area contributed by atoms with Gasteiger partial charge in [-0.15, -0.1) is 0 Å². The van der Waals surface area contributed by atoms with Crippen LogP contribution in [-0.4, -0.2) is 36.9 Å². The van der Waals surface area contributed by atoms with Crippen molar-refractivity contribution in [2.45, 2.75) is 12.0 Å². The van der Waals surface area contributed by atoms with Crippen LogP contribution in [0.15, 0.2) is 24.3 Å². The Labute approximate surface area is 93.5 Å². The molecule has 0 aromatic heterocycles. The first-order valence-corrected chi connectivity index (χ1v) is 5.06. The number of nitrogens with zero attached hydrogens (tertiary/aromatic N) is 1. The van der Waals surface area contributed by atoms with E-state index in [0.29, 0.717) is 5.56 Å². The number of anilines is 1. The van der Waals surface area contributed by atoms with Gasteiger partial charge in [-0.1, -0.05) is 18.2 Å². The zero-order valence-electron chi connectivity index (χ0n) is 9.18. The predicted molar refractivity (Wildman–Crippen MR) is 59.5 cm³/mol. The fraction of sp³-hybridized carbons (Fsp3) is 0.333. The van der Waals surface area contributed by atoms with Crippen LogP contribution in [0.25, 0.3) is 0 Å². The molecule has 1 fully saturated rings. The Hall–Kier alpha value is -1.68. The minimum atomic E-state index is -1.17. The predicted octanol–water partition coefficient (Wildman–Crippen LogP) is 0.349. The minimum Gasteiger partial charge on any atom is -0.384 e. The number of benzene rings is 1. The Balaban J connectivity index is 2.42. The molecule has 0 saturated heterocycles. The van der Waals surface area contributed by atoms with Gasteiger partial charge in [-0.3, -0.25) is 9.59 Å². The van der Waals surface area contributed by atoms with Gasteiger partial charge >= 0.3 is 0 Å². The lowest BCUT2D eigenvalue weighted by Crippen LogP contribution is -2.51. The van der Waals surface area contributed by atoms with Crippen LogP contribution in [0.4, 0.5) is 5.69 Å². The Bertz CT molecular complexity index is 453. The van der Waals surface area contributed by atoms with E-state index in [0.717, 1.165) is 5.69 Å². The highest BCUT2D eigenvalue weighted by Crippen LogP contribution is 2.36. The van der Waals surface area contributed by atoms with E-state index in [4.69, 9.17) is 0 Å². The van der Waals surface area contributed by atoms with Crippen LogP contribution in [0.2, 0.25) is 0 Å². The van der Waals surface area contributed by atoms with E-state index < -0.39 is 23.6 Å². The first-order valence-electron chi connectivity index (χ1n) is 5.06. The average molecular weight is 219 g/mol. The van der Waals surface area contributed by atoms with Gasteiger partial charge in [-0.25, -0.2) is 0 Å². The number of aliphatic hydroxyl groups excluding tert-OH is 1. The number of rotatable bonds is 2. The van der Waals surface area contributed by atoms with Gasteiger partial charge in [0.25, 0.3) is 0 Å². The molecule has 0 aliphatic heterocycles. The van der Waals surface area contributed by atoms with E-state index >= 15 is 0 Å². The number of hydrogen-bond acceptors (Lipinski definition) is 4. The smallest absolute Gasteiger partial charge is 0.228 e. The topological polar surface area (TPSA) is 57.6 Å². The van der Waals surface area contributed by atoms with E-state index in [1.165, 1.54) is 0 Å². The van der Waals surface area contributed by atoms with E-state index in [1.807, 2.05) is 31.1 Å². The number of para-hydroxylation sites is 1. The summed E-state index contributed by atoms with van der Waals surface area (Å²) < 4.78 is 0. The van der Waals surface area contributed by atoms with Gasteiger partial charge in [0.2, 0.25) is 11.6 Å². The molecule has 0 heterocycles. The molecule has 1 saturated carbocycles. The van der Waals surface area contributed by atoms with Crippen LogP contribution in [-0.2, 0) is 9.59 Å². The molecule has 4 heteroatoms. The van der Waals surface area contributed by atoms with Crippen LogP contribution in [0.3, 0.4) is 0 Å². The van der Waals surface area contributed by atoms with Crippen molar-refractivity contribution >= 4 is 17.3 Å². The lowest BCUT2D eigenvalue weighted by atomic mass is 9.74. The molecule has 2 rings (SSSR count). The van der Waals surface area contributed by atoms with Crippen LogP contribution >= 0.6 is 0 Å². The molecule has 1 aromatic rings. The third-order valence-electron chi connectivity index (χ3n) is 2.86. The number of Topliss-reactive ketones (excluding diaryl/α,β-unsaturated/α-hetero) is 2. The number of aliphatic hydroxyl groups is 1. The summed E-state index contributed by atoms with van der Waals surface area (Å²) in [7, 11) is 3.71. The molecule has 2 unspecified atom stereocenters. The van der Waals surface area contributed by atoms with E-state index in [1.54, 1.807) is 12.1 Å². The van der Waals surface area contributed by atoms with Crippen molar-refractivity contribution in [2.24, 2.45) is 0 Å². The van der Waals surface area contributed by atoms with Crippen molar-refractivity contribution in [3.05, 3.63) is 29.8 Å². The molecular weight excluding hydrogens is 206 g/mol. The van der Waals surface area contributed by atoms with Gasteiger partial charge < -0.3 is 10.0 Å². The largest absolute Gasteiger partial charge is 0.384 e. The molecule has 16 heavy (non-hydrogen) atoms. The second kappa shape index (κ2) is 3.72. The van der Waals surface area contributed by atoms with Crippen LogP contribution in [0.5, 0.6) is 0 Å². The van der Waals surface area contributed by atoms with Crippen molar-refractivity contribution in [1.82, 2.24) is 0 Å². The molecule has 0 amide bonds. The van der Waals surface area contributed by atoms with Gasteiger partial charge in [-0.2, -0.15) is 0 Å². The zero-order valence-corrected chi connectivity index (χ0v) is 9.18. The summed E-state index contributed by atoms with van der Waals surface area (Å²) in [6.45, 7) is 0. The van der Waals surface area contributed by atoms with E-state index in [2.05, 4.69) is 0 Å². The summed E-state index contributed by atoms with van der Waals surface area (Å²) in [6.07, 6.45) is -1.17. The molecule has 1 aliphatic carbocycles. The number of carbonyl (C=O) groups is 2. The highest BCUT2D eigenvalue weighted by atomic mass is 16.3. The standard InChI is InChI=1S/C12H13NO3/c1-13(2)8-6-4-3-5-7(8)9-10(14)12(16)11(9)15/h3-6,9-10,14H,1-2H3. The molecule has 0 bridgehead atoms. The molecule has 0 radical (unpaired) electrons. The van der Waals surface area contributed by atoms with Crippen molar-refractivity contribution in [1.29, 1.82) is 0 Å². The first kappa shape index (κ1) is 10.8. The monoisotopic (exact) mass is 219 g/mol. The first-order chi connectivity index (χ1) is 7.54. The summed E-state index contributed by atoms with van der Waals surface area (Å²) in [6, 6.07) is 7.28. The normalized spacial score (nSPS) is 24.2. The maximum atomic E-state index is 11.4. The van der Waals surface area contributed by atoms with E-state index in [-0.39, 0.29) is 0 Å². The molecule has 4 nitrogen and oxygen atoms in total. The summed E-state index contributed by atoms with van der Waals surface area (Å²) in [5.41, 5.74) is 1.57. The third kappa shape index (κ3) is 1.42. The fourth-order valence-electron chi connectivity index (χ4n) is 1.97.